The van der Waals surface area contributed by atoms with E-state index >= 15 is 0 Å². The Morgan fingerprint density at radius 2 is 2.07 bits per heavy atom. The largest absolute Gasteiger partial charge is 0.345 e. The molecule has 4 unspecified atom stereocenters. The monoisotopic (exact) mass is 210 g/mol. The molecule has 1 amide bonds. The second-order valence-corrected chi connectivity index (χ2v) is 5.20. The molecular formula is C12H22N2O. The third-order valence-corrected chi connectivity index (χ3v) is 4.20. The standard InChI is InChI=1S/C12H22N2O/c1-3-6-14(2)12(15)10-8-4-5-9(7-8)11(10)13/h8-11H,3-7,13H2,1-2H3. The number of rotatable bonds is 3. The van der Waals surface area contributed by atoms with Crippen molar-refractivity contribution in [2.75, 3.05) is 13.6 Å². The third-order valence-electron chi connectivity index (χ3n) is 4.20. The Labute approximate surface area is 92.0 Å². The average Bonchev–Trinajstić information content (AvgIpc) is 2.77. The highest BCUT2D eigenvalue weighted by molar-refractivity contribution is 5.80. The summed E-state index contributed by atoms with van der Waals surface area (Å²) < 4.78 is 0. The first-order chi connectivity index (χ1) is 7.15. The molecule has 0 aliphatic heterocycles. The van der Waals surface area contributed by atoms with E-state index in [9.17, 15) is 4.79 Å². The number of fused-ring (bicyclic) bond motifs is 2. The van der Waals surface area contributed by atoms with Crippen LogP contribution in [-0.2, 0) is 4.79 Å². The summed E-state index contributed by atoms with van der Waals surface area (Å²) in [4.78, 5) is 14.0. The van der Waals surface area contributed by atoms with Crippen LogP contribution in [0.4, 0.5) is 0 Å². The maximum atomic E-state index is 12.2. The maximum Gasteiger partial charge on any atom is 0.227 e. The first-order valence-electron chi connectivity index (χ1n) is 6.15. The Morgan fingerprint density at radius 1 is 1.40 bits per heavy atom. The first-order valence-corrected chi connectivity index (χ1v) is 6.15. The molecule has 2 saturated carbocycles. The predicted molar refractivity (Wildman–Crippen MR) is 60.2 cm³/mol. The highest BCUT2D eigenvalue weighted by Crippen LogP contribution is 2.48. The lowest BCUT2D eigenvalue weighted by atomic mass is 9.84. The fraction of sp³-hybridized carbons (Fsp3) is 0.917. The molecule has 15 heavy (non-hydrogen) atoms. The summed E-state index contributed by atoms with van der Waals surface area (Å²) in [5, 5.41) is 0. The molecule has 4 atom stereocenters. The van der Waals surface area contributed by atoms with Gasteiger partial charge in [0.05, 0.1) is 5.92 Å². The van der Waals surface area contributed by atoms with Crippen molar-refractivity contribution >= 4 is 5.91 Å². The van der Waals surface area contributed by atoms with Gasteiger partial charge in [0.2, 0.25) is 5.91 Å². The van der Waals surface area contributed by atoms with Gasteiger partial charge in [-0.15, -0.1) is 0 Å². The maximum absolute atomic E-state index is 12.2. The number of hydrogen-bond acceptors (Lipinski definition) is 2. The van der Waals surface area contributed by atoms with Crippen molar-refractivity contribution in [2.24, 2.45) is 23.5 Å². The summed E-state index contributed by atoms with van der Waals surface area (Å²) in [6, 6.07) is 0.135. The molecule has 0 aromatic carbocycles. The average molecular weight is 210 g/mol. The molecule has 0 spiro atoms. The van der Waals surface area contributed by atoms with Gasteiger partial charge in [0.25, 0.3) is 0 Å². The van der Waals surface area contributed by atoms with Gasteiger partial charge < -0.3 is 10.6 Å². The van der Waals surface area contributed by atoms with Crippen molar-refractivity contribution in [3.05, 3.63) is 0 Å². The number of carbonyl (C=O) groups is 1. The molecule has 2 fully saturated rings. The van der Waals surface area contributed by atoms with E-state index < -0.39 is 0 Å². The zero-order chi connectivity index (χ0) is 11.0. The molecule has 0 saturated heterocycles. The summed E-state index contributed by atoms with van der Waals surface area (Å²) in [6.07, 6.45) is 4.68. The summed E-state index contributed by atoms with van der Waals surface area (Å²) >= 11 is 0. The Balaban J connectivity index is 2.01. The van der Waals surface area contributed by atoms with Crippen molar-refractivity contribution in [2.45, 2.75) is 38.6 Å². The van der Waals surface area contributed by atoms with E-state index in [1.54, 1.807) is 0 Å². The molecule has 0 radical (unpaired) electrons. The van der Waals surface area contributed by atoms with Gasteiger partial charge in [0.1, 0.15) is 0 Å². The minimum absolute atomic E-state index is 0.125. The van der Waals surface area contributed by atoms with Gasteiger partial charge in [-0.2, -0.15) is 0 Å². The van der Waals surface area contributed by atoms with E-state index in [4.69, 9.17) is 5.73 Å². The molecular weight excluding hydrogens is 188 g/mol. The quantitative estimate of drug-likeness (QED) is 0.761. The number of nitrogens with zero attached hydrogens (tertiary/aromatic N) is 1. The molecule has 2 N–H and O–H groups in total. The van der Waals surface area contributed by atoms with Crippen LogP contribution in [0.15, 0.2) is 0 Å². The van der Waals surface area contributed by atoms with Gasteiger partial charge in [-0.3, -0.25) is 4.79 Å². The van der Waals surface area contributed by atoms with Gasteiger partial charge in [-0.05, 0) is 37.5 Å². The molecule has 3 heteroatoms. The van der Waals surface area contributed by atoms with E-state index in [0.29, 0.717) is 11.8 Å². The fourth-order valence-electron chi connectivity index (χ4n) is 3.40. The van der Waals surface area contributed by atoms with Gasteiger partial charge in [0.15, 0.2) is 0 Å². The van der Waals surface area contributed by atoms with Crippen LogP contribution in [0, 0.1) is 17.8 Å². The molecule has 2 aliphatic rings. The second-order valence-electron chi connectivity index (χ2n) is 5.20. The topological polar surface area (TPSA) is 46.3 Å². The van der Waals surface area contributed by atoms with Gasteiger partial charge in [-0.1, -0.05) is 6.92 Å². The molecule has 2 aliphatic carbocycles. The van der Waals surface area contributed by atoms with Crippen molar-refractivity contribution in [3.8, 4) is 0 Å². The van der Waals surface area contributed by atoms with E-state index in [0.717, 1.165) is 13.0 Å². The first kappa shape index (κ1) is 10.9. The Kier molecular flexibility index (Phi) is 3.01. The van der Waals surface area contributed by atoms with Gasteiger partial charge in [-0.25, -0.2) is 0 Å². The number of carbonyl (C=O) groups excluding carboxylic acids is 1. The van der Waals surface area contributed by atoms with Crippen molar-refractivity contribution in [1.29, 1.82) is 0 Å². The minimum Gasteiger partial charge on any atom is -0.345 e. The Bertz CT molecular complexity index is 252. The third kappa shape index (κ3) is 1.78. The van der Waals surface area contributed by atoms with Crippen LogP contribution < -0.4 is 5.73 Å². The van der Waals surface area contributed by atoms with E-state index in [1.165, 1.54) is 19.3 Å². The Morgan fingerprint density at radius 3 is 2.60 bits per heavy atom. The van der Waals surface area contributed by atoms with Crippen molar-refractivity contribution in [1.82, 2.24) is 4.90 Å². The predicted octanol–water partition coefficient (Wildman–Crippen LogP) is 1.23. The van der Waals surface area contributed by atoms with Crippen LogP contribution in [0.1, 0.15) is 32.6 Å². The fourth-order valence-corrected chi connectivity index (χ4v) is 3.40. The molecule has 2 bridgehead atoms. The lowest BCUT2D eigenvalue weighted by molar-refractivity contribution is -0.136. The zero-order valence-corrected chi connectivity index (χ0v) is 9.78. The molecule has 2 rings (SSSR count). The molecule has 86 valence electrons. The minimum atomic E-state index is 0.125. The normalized spacial score (nSPS) is 38.3. The van der Waals surface area contributed by atoms with Crippen LogP contribution in [0.2, 0.25) is 0 Å². The number of hydrogen-bond donors (Lipinski definition) is 1. The SMILES string of the molecule is CCCN(C)C(=O)C1C2CCC(C2)C1N. The van der Waals surface area contributed by atoms with Gasteiger partial charge in [0, 0.05) is 19.6 Å². The summed E-state index contributed by atoms with van der Waals surface area (Å²) in [6.45, 7) is 2.96. The van der Waals surface area contributed by atoms with Crippen molar-refractivity contribution < 1.29 is 4.79 Å². The highest BCUT2D eigenvalue weighted by atomic mass is 16.2. The van der Waals surface area contributed by atoms with E-state index in [1.807, 2.05) is 11.9 Å². The molecule has 3 nitrogen and oxygen atoms in total. The molecule has 0 heterocycles. The van der Waals surface area contributed by atoms with E-state index in [2.05, 4.69) is 6.92 Å². The summed E-state index contributed by atoms with van der Waals surface area (Å²) in [5.41, 5.74) is 6.15. The second kappa shape index (κ2) is 4.12. The lowest BCUT2D eigenvalue weighted by Gasteiger charge is -2.30. The zero-order valence-electron chi connectivity index (χ0n) is 9.78. The lowest BCUT2D eigenvalue weighted by Crippen LogP contribution is -2.46. The van der Waals surface area contributed by atoms with Crippen LogP contribution >= 0.6 is 0 Å². The summed E-state index contributed by atoms with van der Waals surface area (Å²) in [5.74, 6) is 1.62. The smallest absolute Gasteiger partial charge is 0.227 e. The molecule has 0 aromatic rings. The summed E-state index contributed by atoms with van der Waals surface area (Å²) in [7, 11) is 1.91. The highest BCUT2D eigenvalue weighted by Gasteiger charge is 2.49. The number of nitrogens with two attached hydrogens (primary N) is 1. The molecule has 0 aromatic heterocycles. The van der Waals surface area contributed by atoms with Crippen molar-refractivity contribution in [3.63, 3.8) is 0 Å². The van der Waals surface area contributed by atoms with Crippen LogP contribution in [0.5, 0.6) is 0 Å². The Hall–Kier alpha value is -0.570. The van der Waals surface area contributed by atoms with Crippen LogP contribution in [-0.4, -0.2) is 30.4 Å². The number of amides is 1. The van der Waals surface area contributed by atoms with E-state index in [-0.39, 0.29) is 17.9 Å². The van der Waals surface area contributed by atoms with Crippen LogP contribution in [0.3, 0.4) is 0 Å². The van der Waals surface area contributed by atoms with Crippen LogP contribution in [0.25, 0.3) is 0 Å². The van der Waals surface area contributed by atoms with Gasteiger partial charge >= 0.3 is 0 Å².